The highest BCUT2D eigenvalue weighted by Crippen LogP contribution is 2.30. The fourth-order valence-electron chi connectivity index (χ4n) is 2.94. The molecule has 0 saturated heterocycles. The lowest BCUT2D eigenvalue weighted by molar-refractivity contribution is 0.609. The Morgan fingerprint density at radius 3 is 2.45 bits per heavy atom. The van der Waals surface area contributed by atoms with E-state index in [2.05, 4.69) is 32.0 Å². The van der Waals surface area contributed by atoms with Crippen LogP contribution in [0.3, 0.4) is 0 Å². The van der Waals surface area contributed by atoms with Crippen LogP contribution in [0.25, 0.3) is 11.3 Å². The van der Waals surface area contributed by atoms with Crippen molar-refractivity contribution in [1.82, 2.24) is 4.57 Å². The first-order valence-electron chi connectivity index (χ1n) is 8.80. The van der Waals surface area contributed by atoms with Crippen LogP contribution in [0.4, 0.5) is 5.69 Å². The minimum Gasteiger partial charge on any atom is -0.320 e. The molecule has 29 heavy (non-hydrogen) atoms. The van der Waals surface area contributed by atoms with Gasteiger partial charge in [-0.05, 0) is 42.2 Å². The first kappa shape index (κ1) is 24.2. The summed E-state index contributed by atoms with van der Waals surface area (Å²) in [6, 6.07) is 11.2. The summed E-state index contributed by atoms with van der Waals surface area (Å²) in [5.74, 6) is 0. The lowest BCUT2D eigenvalue weighted by Crippen LogP contribution is -2.11. The second-order valence-corrected chi connectivity index (χ2v) is 10.1. The zero-order valence-corrected chi connectivity index (χ0v) is 21.0. The van der Waals surface area contributed by atoms with Crippen LogP contribution in [0.15, 0.2) is 51.7 Å². The number of hydrogen-bond donors (Lipinski definition) is 0. The predicted molar refractivity (Wildman–Crippen MR) is 128 cm³/mol. The van der Waals surface area contributed by atoms with Crippen molar-refractivity contribution in [3.05, 3.63) is 62.7 Å². The van der Waals surface area contributed by atoms with Crippen LogP contribution in [0.5, 0.6) is 0 Å². The second kappa shape index (κ2) is 9.79. The molecule has 1 heterocycles. The first-order valence-corrected chi connectivity index (χ1v) is 12.4. The normalized spacial score (nSPS) is 12.1. The number of nitrogens with zero attached hydrogens (tertiary/aromatic N) is 2. The van der Waals surface area contributed by atoms with Crippen LogP contribution < -0.4 is 4.80 Å². The third kappa shape index (κ3) is 5.33. The molecule has 0 aliphatic rings. The van der Waals surface area contributed by atoms with Gasteiger partial charge in [-0.15, -0.1) is 28.3 Å². The molecule has 0 amide bonds. The minimum absolute atomic E-state index is 0. The van der Waals surface area contributed by atoms with Crippen LogP contribution in [-0.2, 0) is 28.9 Å². The Morgan fingerprint density at radius 2 is 1.83 bits per heavy atom. The van der Waals surface area contributed by atoms with Crippen molar-refractivity contribution >= 4 is 65.3 Å². The molecule has 0 unspecified atom stereocenters. The standard InChI is InChI=1S/C20H20Cl2N2O2S2.BrH/c1-4-13-6-9-17(14(5-2)10-13)23-20-24(3)18(12-27-20)15-7-8-16(21)19(11-15)28(22,25)26;/h6-12H,4-5H2,1-3H3;1H. The van der Waals surface area contributed by atoms with Gasteiger partial charge in [0.05, 0.1) is 16.4 Å². The van der Waals surface area contributed by atoms with Crippen molar-refractivity contribution in [3.8, 4) is 11.3 Å². The van der Waals surface area contributed by atoms with Crippen molar-refractivity contribution in [2.45, 2.75) is 31.6 Å². The number of hydrogen-bond acceptors (Lipinski definition) is 4. The third-order valence-electron chi connectivity index (χ3n) is 4.56. The molecule has 156 valence electrons. The van der Waals surface area contributed by atoms with Crippen LogP contribution in [0.1, 0.15) is 25.0 Å². The molecule has 0 N–H and O–H groups in total. The highest BCUT2D eigenvalue weighted by Gasteiger charge is 2.17. The van der Waals surface area contributed by atoms with Gasteiger partial charge in [0.1, 0.15) is 4.90 Å². The van der Waals surface area contributed by atoms with Crippen molar-refractivity contribution in [3.63, 3.8) is 0 Å². The van der Waals surface area contributed by atoms with Crippen molar-refractivity contribution in [2.75, 3.05) is 0 Å². The molecule has 0 atom stereocenters. The van der Waals surface area contributed by atoms with Gasteiger partial charge < -0.3 is 4.57 Å². The Labute approximate surface area is 195 Å². The van der Waals surface area contributed by atoms with E-state index in [9.17, 15) is 8.42 Å². The molecule has 0 bridgehead atoms. The molecule has 0 spiro atoms. The average molecular weight is 536 g/mol. The zero-order valence-electron chi connectivity index (χ0n) is 16.1. The highest BCUT2D eigenvalue weighted by atomic mass is 79.9. The SMILES string of the molecule is Br.CCc1ccc(N=c2scc(-c3ccc(Cl)c(S(=O)(=O)Cl)c3)n2C)c(CC)c1. The molecule has 3 rings (SSSR count). The Balaban J connectivity index is 0.00000300. The molecule has 0 radical (unpaired) electrons. The topological polar surface area (TPSA) is 51.4 Å². The van der Waals surface area contributed by atoms with E-state index in [0.717, 1.165) is 29.0 Å². The Bertz CT molecular complexity index is 1200. The smallest absolute Gasteiger partial charge is 0.262 e. The summed E-state index contributed by atoms with van der Waals surface area (Å²) in [7, 11) is 3.48. The van der Waals surface area contributed by atoms with Crippen LogP contribution in [0, 0.1) is 0 Å². The average Bonchev–Trinajstić information content (AvgIpc) is 3.02. The molecule has 9 heteroatoms. The number of thiazole rings is 1. The minimum atomic E-state index is -3.92. The van der Waals surface area contributed by atoms with E-state index in [1.807, 2.05) is 17.0 Å². The fraction of sp³-hybridized carbons (Fsp3) is 0.250. The summed E-state index contributed by atoms with van der Waals surface area (Å²) in [6.07, 6.45) is 1.90. The molecule has 0 fully saturated rings. The molecular formula is C20H21BrCl2N2O2S2. The maximum Gasteiger partial charge on any atom is 0.262 e. The van der Waals surface area contributed by atoms with Gasteiger partial charge in [-0.3, -0.25) is 0 Å². The van der Waals surface area contributed by atoms with Gasteiger partial charge in [-0.25, -0.2) is 13.4 Å². The van der Waals surface area contributed by atoms with Crippen LogP contribution in [0.2, 0.25) is 5.02 Å². The second-order valence-electron chi connectivity index (χ2n) is 6.33. The molecule has 0 aliphatic heterocycles. The molecule has 0 aliphatic carbocycles. The summed E-state index contributed by atoms with van der Waals surface area (Å²) >= 11 is 7.49. The van der Waals surface area contributed by atoms with E-state index in [1.165, 1.54) is 28.5 Å². The van der Waals surface area contributed by atoms with Gasteiger partial charge in [0.25, 0.3) is 9.05 Å². The first-order chi connectivity index (χ1) is 13.2. The molecule has 4 nitrogen and oxygen atoms in total. The maximum absolute atomic E-state index is 11.7. The number of benzene rings is 2. The van der Waals surface area contributed by atoms with Crippen LogP contribution in [-0.4, -0.2) is 13.0 Å². The fourth-order valence-corrected chi connectivity index (χ4v) is 5.35. The quantitative estimate of drug-likeness (QED) is 0.361. The molecule has 2 aromatic carbocycles. The molecule has 1 aromatic heterocycles. The van der Waals surface area contributed by atoms with Crippen molar-refractivity contribution < 1.29 is 8.42 Å². The summed E-state index contributed by atoms with van der Waals surface area (Å²) in [5, 5.41) is 2.05. The third-order valence-corrected chi connectivity index (χ3v) is 7.28. The Kier molecular flexibility index (Phi) is 8.15. The number of aromatic nitrogens is 1. The van der Waals surface area contributed by atoms with Crippen molar-refractivity contribution in [1.29, 1.82) is 0 Å². The molecular weight excluding hydrogens is 515 g/mol. The summed E-state index contributed by atoms with van der Waals surface area (Å²) in [6.45, 7) is 4.26. The number of aryl methyl sites for hydroxylation is 2. The van der Waals surface area contributed by atoms with Crippen molar-refractivity contribution in [2.24, 2.45) is 12.0 Å². The van der Waals surface area contributed by atoms with Gasteiger partial charge in [-0.1, -0.05) is 43.6 Å². The Hall–Kier alpha value is -1.12. The molecule has 0 saturated carbocycles. The van der Waals surface area contributed by atoms with Gasteiger partial charge in [0.2, 0.25) is 0 Å². The van der Waals surface area contributed by atoms with Gasteiger partial charge >= 0.3 is 0 Å². The molecule has 3 aromatic rings. The monoisotopic (exact) mass is 534 g/mol. The largest absolute Gasteiger partial charge is 0.320 e. The lowest BCUT2D eigenvalue weighted by Gasteiger charge is -2.07. The Morgan fingerprint density at radius 1 is 1.10 bits per heavy atom. The van der Waals surface area contributed by atoms with E-state index in [4.69, 9.17) is 27.3 Å². The van der Waals surface area contributed by atoms with E-state index >= 15 is 0 Å². The summed E-state index contributed by atoms with van der Waals surface area (Å²) < 4.78 is 25.4. The highest BCUT2D eigenvalue weighted by molar-refractivity contribution is 8.93. The number of halogens is 3. The van der Waals surface area contributed by atoms with Crippen LogP contribution >= 0.6 is 50.6 Å². The van der Waals surface area contributed by atoms with Gasteiger partial charge in [0.15, 0.2) is 4.80 Å². The number of rotatable bonds is 5. The predicted octanol–water partition coefficient (Wildman–Crippen LogP) is 6.27. The van der Waals surface area contributed by atoms with E-state index in [1.54, 1.807) is 12.1 Å². The van der Waals surface area contributed by atoms with Gasteiger partial charge in [0, 0.05) is 28.7 Å². The maximum atomic E-state index is 11.7. The zero-order chi connectivity index (χ0) is 20.5. The van der Waals surface area contributed by atoms with E-state index in [-0.39, 0.29) is 26.9 Å². The summed E-state index contributed by atoms with van der Waals surface area (Å²) in [5.41, 5.74) is 4.99. The summed E-state index contributed by atoms with van der Waals surface area (Å²) in [4.78, 5) is 5.56. The van der Waals surface area contributed by atoms with Gasteiger partial charge in [-0.2, -0.15) is 0 Å². The van der Waals surface area contributed by atoms with E-state index in [0.29, 0.717) is 5.56 Å². The van der Waals surface area contributed by atoms with E-state index < -0.39 is 9.05 Å². The lowest BCUT2D eigenvalue weighted by atomic mass is 10.1.